The summed E-state index contributed by atoms with van der Waals surface area (Å²) in [5.41, 5.74) is 6.78. The molecule has 0 heterocycles. The van der Waals surface area contributed by atoms with E-state index in [0.717, 1.165) is 0 Å². The van der Waals surface area contributed by atoms with E-state index < -0.39 is 0 Å². The fourth-order valence-corrected chi connectivity index (χ4v) is 3.95. The summed E-state index contributed by atoms with van der Waals surface area (Å²) in [5, 5.41) is 2.60. The molecule has 118 valence electrons. The van der Waals surface area contributed by atoms with Gasteiger partial charge in [-0.15, -0.1) is 0 Å². The normalized spacial score (nSPS) is 15.8. The first-order valence-corrected chi connectivity index (χ1v) is 8.75. The molecule has 1 aliphatic rings. The maximum atomic E-state index is 2.35. The van der Waals surface area contributed by atoms with Gasteiger partial charge in [0.1, 0.15) is 0 Å². The van der Waals surface area contributed by atoms with Crippen LogP contribution in [0.4, 0.5) is 0 Å². The van der Waals surface area contributed by atoms with E-state index in [0.29, 0.717) is 5.92 Å². The van der Waals surface area contributed by atoms with Crippen LogP contribution in [0.15, 0.2) is 97.1 Å². The molecule has 0 aliphatic heterocycles. The molecule has 4 aromatic carbocycles. The lowest BCUT2D eigenvalue weighted by atomic mass is 9.84. The van der Waals surface area contributed by atoms with Crippen LogP contribution >= 0.6 is 0 Å². The van der Waals surface area contributed by atoms with Gasteiger partial charge in [-0.1, -0.05) is 97.1 Å². The molecule has 0 fully saturated rings. The number of allylic oxidation sites excluding steroid dienone is 1. The van der Waals surface area contributed by atoms with Crippen molar-refractivity contribution in [1.29, 1.82) is 0 Å². The molecule has 0 radical (unpaired) electrons. The Bertz CT molecular complexity index is 1090. The van der Waals surface area contributed by atoms with Crippen LogP contribution in [0.25, 0.3) is 22.4 Å². The molecule has 0 amide bonds. The van der Waals surface area contributed by atoms with Crippen LogP contribution in [0.5, 0.6) is 0 Å². The molecule has 0 saturated heterocycles. The number of benzene rings is 4. The van der Waals surface area contributed by atoms with Crippen LogP contribution in [-0.2, 0) is 0 Å². The van der Waals surface area contributed by atoms with Crippen LogP contribution in [-0.4, -0.2) is 0 Å². The molecule has 4 aromatic rings. The maximum absolute atomic E-state index is 2.35. The van der Waals surface area contributed by atoms with E-state index in [9.17, 15) is 0 Å². The van der Waals surface area contributed by atoms with E-state index in [2.05, 4.69) is 103 Å². The Hall–Kier alpha value is -3.12. The summed E-state index contributed by atoms with van der Waals surface area (Å²) >= 11 is 0. The third kappa shape index (κ3) is 2.38. The van der Waals surface area contributed by atoms with E-state index in [1.54, 1.807) is 0 Å². The molecule has 25 heavy (non-hydrogen) atoms. The van der Waals surface area contributed by atoms with Gasteiger partial charge in [-0.2, -0.15) is 0 Å². The van der Waals surface area contributed by atoms with Crippen molar-refractivity contribution >= 4 is 22.4 Å². The minimum Gasteiger partial charge on any atom is -0.0622 e. The van der Waals surface area contributed by atoms with Gasteiger partial charge >= 0.3 is 0 Å². The number of hydrogen-bond donors (Lipinski definition) is 0. The highest BCUT2D eigenvalue weighted by Gasteiger charge is 2.27. The number of hydrogen-bond acceptors (Lipinski definition) is 0. The number of rotatable bonds is 2. The van der Waals surface area contributed by atoms with E-state index in [1.807, 2.05) is 0 Å². The van der Waals surface area contributed by atoms with Gasteiger partial charge < -0.3 is 0 Å². The zero-order valence-electron chi connectivity index (χ0n) is 13.9. The summed E-state index contributed by atoms with van der Waals surface area (Å²) in [5.74, 6) is 0.295. The van der Waals surface area contributed by atoms with Crippen LogP contribution in [0.3, 0.4) is 0 Å². The first-order valence-electron chi connectivity index (χ1n) is 8.75. The smallest absolute Gasteiger partial charge is 0.0352 e. The lowest BCUT2D eigenvalue weighted by Gasteiger charge is -2.18. The monoisotopic (exact) mass is 318 g/mol. The standard InChI is InChI=1S/C25H18/c1-2-9-19(10-3-1)24-17-21-12-6-7-13-23(21)25(24)22-15-14-18-8-4-5-11-20(18)16-22/h1-17,25H. The molecule has 0 bridgehead atoms. The molecule has 0 aromatic heterocycles. The largest absolute Gasteiger partial charge is 0.0622 e. The predicted molar refractivity (Wildman–Crippen MR) is 107 cm³/mol. The molecule has 1 unspecified atom stereocenters. The van der Waals surface area contributed by atoms with Crippen LogP contribution < -0.4 is 0 Å². The Morgan fingerprint density at radius 3 is 2.16 bits per heavy atom. The Morgan fingerprint density at radius 1 is 0.560 bits per heavy atom. The summed E-state index contributed by atoms with van der Waals surface area (Å²) < 4.78 is 0. The molecule has 0 spiro atoms. The van der Waals surface area contributed by atoms with Crippen molar-refractivity contribution in [2.75, 3.05) is 0 Å². The molecule has 0 N–H and O–H groups in total. The third-order valence-electron chi connectivity index (χ3n) is 5.14. The summed E-state index contributed by atoms with van der Waals surface area (Å²) in [6.07, 6.45) is 2.35. The van der Waals surface area contributed by atoms with E-state index >= 15 is 0 Å². The predicted octanol–water partition coefficient (Wildman–Crippen LogP) is 6.53. The minimum atomic E-state index is 0.295. The maximum Gasteiger partial charge on any atom is 0.0352 e. The van der Waals surface area contributed by atoms with E-state index in [4.69, 9.17) is 0 Å². The topological polar surface area (TPSA) is 0 Å². The molecular formula is C25H18. The summed E-state index contributed by atoms with van der Waals surface area (Å²) in [7, 11) is 0. The minimum absolute atomic E-state index is 0.295. The van der Waals surface area contributed by atoms with Gasteiger partial charge in [0.15, 0.2) is 0 Å². The van der Waals surface area contributed by atoms with Crippen molar-refractivity contribution in [2.45, 2.75) is 5.92 Å². The van der Waals surface area contributed by atoms with Crippen molar-refractivity contribution < 1.29 is 0 Å². The van der Waals surface area contributed by atoms with Crippen molar-refractivity contribution in [3.8, 4) is 0 Å². The second-order valence-electron chi connectivity index (χ2n) is 6.63. The van der Waals surface area contributed by atoms with Gasteiger partial charge in [-0.05, 0) is 44.7 Å². The lowest BCUT2D eigenvalue weighted by molar-refractivity contribution is 1.07. The summed E-state index contributed by atoms with van der Waals surface area (Å²) in [6, 6.07) is 35.0. The van der Waals surface area contributed by atoms with Gasteiger partial charge in [0.05, 0.1) is 0 Å². The van der Waals surface area contributed by atoms with Gasteiger partial charge in [0.2, 0.25) is 0 Å². The second kappa shape index (κ2) is 5.75. The first-order chi connectivity index (χ1) is 12.4. The first kappa shape index (κ1) is 14.2. The Balaban J connectivity index is 1.71. The van der Waals surface area contributed by atoms with Gasteiger partial charge in [0, 0.05) is 5.92 Å². The number of fused-ring (bicyclic) bond motifs is 2. The second-order valence-corrected chi connectivity index (χ2v) is 6.63. The van der Waals surface area contributed by atoms with Crippen LogP contribution in [0.2, 0.25) is 0 Å². The molecule has 0 nitrogen and oxygen atoms in total. The zero-order valence-corrected chi connectivity index (χ0v) is 13.9. The fourth-order valence-electron chi connectivity index (χ4n) is 3.95. The molecule has 5 rings (SSSR count). The lowest BCUT2D eigenvalue weighted by Crippen LogP contribution is -2.01. The van der Waals surface area contributed by atoms with Crippen molar-refractivity contribution in [3.63, 3.8) is 0 Å². The van der Waals surface area contributed by atoms with E-state index in [-0.39, 0.29) is 0 Å². The van der Waals surface area contributed by atoms with Crippen molar-refractivity contribution in [3.05, 3.63) is 119 Å². The van der Waals surface area contributed by atoms with Crippen LogP contribution in [0.1, 0.15) is 28.2 Å². The summed E-state index contributed by atoms with van der Waals surface area (Å²) in [4.78, 5) is 0. The van der Waals surface area contributed by atoms with E-state index in [1.165, 1.54) is 38.6 Å². The molecule has 0 heteroatoms. The van der Waals surface area contributed by atoms with Crippen molar-refractivity contribution in [1.82, 2.24) is 0 Å². The highest BCUT2D eigenvalue weighted by atomic mass is 14.3. The fraction of sp³-hybridized carbons (Fsp3) is 0.0400. The SMILES string of the molecule is C1=C(c2ccccc2)C(c2ccc3ccccc3c2)c2ccccc21. The molecular weight excluding hydrogens is 300 g/mol. The highest BCUT2D eigenvalue weighted by molar-refractivity contribution is 5.94. The molecule has 1 aliphatic carbocycles. The average Bonchev–Trinajstić information content (AvgIpc) is 3.08. The average molecular weight is 318 g/mol. The van der Waals surface area contributed by atoms with Gasteiger partial charge in [-0.3, -0.25) is 0 Å². The Kier molecular flexibility index (Phi) is 3.28. The molecule has 0 saturated carbocycles. The van der Waals surface area contributed by atoms with Crippen LogP contribution in [0, 0.1) is 0 Å². The Morgan fingerprint density at radius 2 is 1.28 bits per heavy atom. The van der Waals surface area contributed by atoms with Gasteiger partial charge in [0.25, 0.3) is 0 Å². The summed E-state index contributed by atoms with van der Waals surface area (Å²) in [6.45, 7) is 0. The van der Waals surface area contributed by atoms with Gasteiger partial charge in [-0.25, -0.2) is 0 Å². The quantitative estimate of drug-likeness (QED) is 0.394. The third-order valence-corrected chi connectivity index (χ3v) is 5.14. The highest BCUT2D eigenvalue weighted by Crippen LogP contribution is 2.46. The zero-order chi connectivity index (χ0) is 16.6. The Labute approximate surface area is 148 Å². The van der Waals surface area contributed by atoms with Crippen molar-refractivity contribution in [2.24, 2.45) is 0 Å². The molecule has 1 atom stereocenters.